The third kappa shape index (κ3) is 3.63. The molecule has 0 aromatic heterocycles. The number of hydrogen-bond acceptors (Lipinski definition) is 2. The number of rotatable bonds is 4. The molecule has 104 valence electrons. The van der Waals surface area contributed by atoms with Crippen molar-refractivity contribution in [3.8, 4) is 0 Å². The maximum absolute atomic E-state index is 13.2. The molecule has 1 aliphatic carbocycles. The van der Waals surface area contributed by atoms with Crippen LogP contribution in [0.5, 0.6) is 0 Å². The van der Waals surface area contributed by atoms with Gasteiger partial charge in [0.2, 0.25) is 0 Å². The molecular weight excluding hydrogens is 241 g/mol. The SMILES string of the molecule is Cc1ccc(F)cc1CC(=O)C1CCC(CN)CC1. The Labute approximate surface area is 114 Å². The Hall–Kier alpha value is -1.22. The first kappa shape index (κ1) is 14.2. The lowest BCUT2D eigenvalue weighted by Gasteiger charge is -2.26. The molecule has 0 heterocycles. The van der Waals surface area contributed by atoms with Gasteiger partial charge in [-0.05, 0) is 68.3 Å². The van der Waals surface area contributed by atoms with Gasteiger partial charge in [0.15, 0.2) is 0 Å². The van der Waals surface area contributed by atoms with Crippen LogP contribution in [0.25, 0.3) is 0 Å². The highest BCUT2D eigenvalue weighted by molar-refractivity contribution is 5.83. The number of nitrogens with two attached hydrogens (primary N) is 1. The van der Waals surface area contributed by atoms with Crippen LogP contribution in [0.1, 0.15) is 36.8 Å². The van der Waals surface area contributed by atoms with E-state index in [-0.39, 0.29) is 17.5 Å². The number of halogens is 1. The minimum Gasteiger partial charge on any atom is -0.330 e. The van der Waals surface area contributed by atoms with Crippen LogP contribution in [0.15, 0.2) is 18.2 Å². The van der Waals surface area contributed by atoms with Crippen LogP contribution >= 0.6 is 0 Å². The van der Waals surface area contributed by atoms with Gasteiger partial charge in [-0.25, -0.2) is 4.39 Å². The average Bonchev–Trinajstić information content (AvgIpc) is 2.43. The number of ketones is 1. The normalized spacial score (nSPS) is 23.3. The number of aryl methyl sites for hydroxylation is 1. The molecule has 2 nitrogen and oxygen atoms in total. The molecule has 1 aromatic carbocycles. The highest BCUT2D eigenvalue weighted by Gasteiger charge is 2.25. The zero-order valence-corrected chi connectivity index (χ0v) is 11.5. The van der Waals surface area contributed by atoms with E-state index in [0.717, 1.165) is 43.4 Å². The molecule has 19 heavy (non-hydrogen) atoms. The maximum atomic E-state index is 13.2. The van der Waals surface area contributed by atoms with Crippen molar-refractivity contribution in [1.29, 1.82) is 0 Å². The summed E-state index contributed by atoms with van der Waals surface area (Å²) in [6.07, 6.45) is 4.34. The quantitative estimate of drug-likeness (QED) is 0.907. The summed E-state index contributed by atoms with van der Waals surface area (Å²) in [6.45, 7) is 2.65. The van der Waals surface area contributed by atoms with Crippen molar-refractivity contribution >= 4 is 5.78 Å². The Morgan fingerprint density at radius 3 is 2.63 bits per heavy atom. The molecule has 1 fully saturated rings. The largest absolute Gasteiger partial charge is 0.330 e. The van der Waals surface area contributed by atoms with Crippen LogP contribution in [0.4, 0.5) is 4.39 Å². The Balaban J connectivity index is 1.96. The fourth-order valence-corrected chi connectivity index (χ4v) is 2.88. The summed E-state index contributed by atoms with van der Waals surface area (Å²) < 4.78 is 13.2. The fourth-order valence-electron chi connectivity index (χ4n) is 2.88. The third-order valence-corrected chi connectivity index (χ3v) is 4.31. The summed E-state index contributed by atoms with van der Waals surface area (Å²) in [7, 11) is 0. The van der Waals surface area contributed by atoms with E-state index in [4.69, 9.17) is 5.73 Å². The van der Waals surface area contributed by atoms with Gasteiger partial charge in [-0.1, -0.05) is 6.07 Å². The van der Waals surface area contributed by atoms with E-state index in [9.17, 15) is 9.18 Å². The van der Waals surface area contributed by atoms with E-state index < -0.39 is 0 Å². The second-order valence-electron chi connectivity index (χ2n) is 5.67. The van der Waals surface area contributed by atoms with Crippen LogP contribution in [0.3, 0.4) is 0 Å². The van der Waals surface area contributed by atoms with E-state index in [1.165, 1.54) is 12.1 Å². The van der Waals surface area contributed by atoms with Gasteiger partial charge in [-0.2, -0.15) is 0 Å². The number of benzene rings is 1. The van der Waals surface area contributed by atoms with Crippen LogP contribution < -0.4 is 5.73 Å². The van der Waals surface area contributed by atoms with Gasteiger partial charge in [-0.15, -0.1) is 0 Å². The lowest BCUT2D eigenvalue weighted by atomic mass is 9.79. The monoisotopic (exact) mass is 263 g/mol. The van der Waals surface area contributed by atoms with Crippen molar-refractivity contribution in [2.45, 2.75) is 39.0 Å². The highest BCUT2D eigenvalue weighted by atomic mass is 19.1. The van der Waals surface area contributed by atoms with Crippen molar-refractivity contribution in [3.63, 3.8) is 0 Å². The lowest BCUT2D eigenvalue weighted by Crippen LogP contribution is -2.26. The second-order valence-corrected chi connectivity index (χ2v) is 5.67. The van der Waals surface area contributed by atoms with Crippen LogP contribution in [-0.4, -0.2) is 12.3 Å². The summed E-state index contributed by atoms with van der Waals surface area (Å²) in [4.78, 5) is 12.3. The Kier molecular flexibility index (Phi) is 4.70. The number of hydrogen-bond donors (Lipinski definition) is 1. The van der Waals surface area contributed by atoms with Gasteiger partial charge in [0.1, 0.15) is 11.6 Å². The van der Waals surface area contributed by atoms with Crippen molar-refractivity contribution in [2.75, 3.05) is 6.54 Å². The number of carbonyl (C=O) groups excluding carboxylic acids is 1. The smallest absolute Gasteiger partial charge is 0.140 e. The molecule has 0 saturated heterocycles. The van der Waals surface area contributed by atoms with E-state index in [1.54, 1.807) is 6.07 Å². The zero-order chi connectivity index (χ0) is 13.8. The van der Waals surface area contributed by atoms with Gasteiger partial charge in [0.05, 0.1) is 0 Å². The molecule has 0 amide bonds. The van der Waals surface area contributed by atoms with Gasteiger partial charge < -0.3 is 5.73 Å². The van der Waals surface area contributed by atoms with Crippen molar-refractivity contribution in [3.05, 3.63) is 35.1 Å². The molecule has 1 saturated carbocycles. The summed E-state index contributed by atoms with van der Waals surface area (Å²) in [5.41, 5.74) is 7.47. The number of Topliss-reactive ketones (excluding diaryl/α,β-unsaturated/α-hetero) is 1. The second kappa shape index (κ2) is 6.29. The van der Waals surface area contributed by atoms with Crippen LogP contribution in [-0.2, 0) is 11.2 Å². The first-order chi connectivity index (χ1) is 9.10. The molecule has 2 N–H and O–H groups in total. The van der Waals surface area contributed by atoms with Crippen LogP contribution in [0, 0.1) is 24.6 Å². The molecule has 0 unspecified atom stereocenters. The highest BCUT2D eigenvalue weighted by Crippen LogP contribution is 2.29. The van der Waals surface area contributed by atoms with E-state index in [2.05, 4.69) is 0 Å². The molecule has 1 aliphatic rings. The Bertz CT molecular complexity index is 450. The molecule has 0 bridgehead atoms. The Morgan fingerprint density at radius 1 is 1.32 bits per heavy atom. The summed E-state index contributed by atoms with van der Waals surface area (Å²) >= 11 is 0. The molecule has 1 aromatic rings. The van der Waals surface area contributed by atoms with Crippen LogP contribution in [0.2, 0.25) is 0 Å². The zero-order valence-electron chi connectivity index (χ0n) is 11.5. The predicted molar refractivity (Wildman–Crippen MR) is 74.4 cm³/mol. The minimum atomic E-state index is -0.264. The molecule has 0 aliphatic heterocycles. The standard InChI is InChI=1S/C16H22FNO/c1-11-2-7-15(17)8-14(11)9-16(19)13-5-3-12(10-18)4-6-13/h2,7-8,12-13H,3-6,9-10,18H2,1H3. The first-order valence-electron chi connectivity index (χ1n) is 7.08. The maximum Gasteiger partial charge on any atom is 0.140 e. The average molecular weight is 263 g/mol. The molecular formula is C16H22FNO. The van der Waals surface area contributed by atoms with E-state index >= 15 is 0 Å². The van der Waals surface area contributed by atoms with Crippen molar-refractivity contribution in [2.24, 2.45) is 17.6 Å². The molecule has 3 heteroatoms. The van der Waals surface area contributed by atoms with Gasteiger partial charge in [0.25, 0.3) is 0 Å². The summed E-state index contributed by atoms with van der Waals surface area (Å²) in [6, 6.07) is 4.66. The summed E-state index contributed by atoms with van der Waals surface area (Å²) in [5.74, 6) is 0.717. The fraction of sp³-hybridized carbons (Fsp3) is 0.562. The minimum absolute atomic E-state index is 0.144. The topological polar surface area (TPSA) is 43.1 Å². The van der Waals surface area contributed by atoms with Gasteiger partial charge in [0, 0.05) is 12.3 Å². The third-order valence-electron chi connectivity index (χ3n) is 4.31. The Morgan fingerprint density at radius 2 is 2.00 bits per heavy atom. The van der Waals surface area contributed by atoms with E-state index in [1.807, 2.05) is 6.92 Å². The lowest BCUT2D eigenvalue weighted by molar-refractivity contribution is -0.123. The number of carbonyl (C=O) groups is 1. The van der Waals surface area contributed by atoms with Gasteiger partial charge >= 0.3 is 0 Å². The van der Waals surface area contributed by atoms with E-state index in [0.29, 0.717) is 12.3 Å². The molecule has 2 rings (SSSR count). The van der Waals surface area contributed by atoms with Crippen molar-refractivity contribution < 1.29 is 9.18 Å². The molecule has 0 atom stereocenters. The van der Waals surface area contributed by atoms with Crippen molar-refractivity contribution in [1.82, 2.24) is 0 Å². The molecule has 0 radical (unpaired) electrons. The molecule has 0 spiro atoms. The summed E-state index contributed by atoms with van der Waals surface area (Å²) in [5, 5.41) is 0. The van der Waals surface area contributed by atoms with Gasteiger partial charge in [-0.3, -0.25) is 4.79 Å². The predicted octanol–water partition coefficient (Wildman–Crippen LogP) is 3.01. The first-order valence-corrected chi connectivity index (χ1v) is 7.08.